The van der Waals surface area contributed by atoms with Crippen LogP contribution >= 0.6 is 11.3 Å². The van der Waals surface area contributed by atoms with E-state index in [1.807, 2.05) is 12.1 Å². The van der Waals surface area contributed by atoms with Crippen molar-refractivity contribution in [2.24, 2.45) is 28.9 Å². The van der Waals surface area contributed by atoms with Crippen molar-refractivity contribution in [2.75, 3.05) is 5.73 Å². The quantitative estimate of drug-likeness (QED) is 0.684. The zero-order valence-electron chi connectivity index (χ0n) is 15.2. The van der Waals surface area contributed by atoms with Crippen LogP contribution in [0.25, 0.3) is 21.8 Å². The number of hydrogen-bond acceptors (Lipinski definition) is 6. The SMILES string of the molecule is Nc1nc(-c2ccco2)nc2sc(C(N)C34CC5CC(CC(C5)C3)C4)cc12. The van der Waals surface area contributed by atoms with Gasteiger partial charge in [-0.2, -0.15) is 0 Å². The first-order valence-corrected chi connectivity index (χ1v) is 10.8. The Balaban J connectivity index is 1.40. The number of hydrogen-bond donors (Lipinski definition) is 2. The van der Waals surface area contributed by atoms with E-state index in [1.54, 1.807) is 17.6 Å². The summed E-state index contributed by atoms with van der Waals surface area (Å²) >= 11 is 1.68. The van der Waals surface area contributed by atoms with Crippen LogP contribution in [0.4, 0.5) is 5.82 Å². The lowest BCUT2D eigenvalue weighted by Gasteiger charge is -2.58. The second-order valence-corrected chi connectivity index (χ2v) is 10.1. The van der Waals surface area contributed by atoms with Crippen LogP contribution in [0.2, 0.25) is 0 Å². The Bertz CT molecular complexity index is 974. The predicted octanol–water partition coefficient (Wildman–Crippen LogP) is 4.75. The van der Waals surface area contributed by atoms with E-state index < -0.39 is 0 Å². The molecule has 0 saturated heterocycles. The van der Waals surface area contributed by atoms with E-state index in [0.717, 1.165) is 28.0 Å². The zero-order valence-corrected chi connectivity index (χ0v) is 16.0. The molecule has 6 heteroatoms. The molecule has 4 aliphatic carbocycles. The number of rotatable bonds is 3. The molecule has 4 aliphatic rings. The van der Waals surface area contributed by atoms with Gasteiger partial charge in [-0.3, -0.25) is 0 Å². The molecule has 27 heavy (non-hydrogen) atoms. The topological polar surface area (TPSA) is 91.0 Å². The molecular weight excluding hydrogens is 356 g/mol. The first-order chi connectivity index (χ1) is 13.1. The van der Waals surface area contributed by atoms with Crippen LogP contribution in [0.5, 0.6) is 0 Å². The Kier molecular flexibility index (Phi) is 3.30. The summed E-state index contributed by atoms with van der Waals surface area (Å²) in [6.07, 6.45) is 9.82. The molecule has 4 saturated carbocycles. The molecule has 7 rings (SSSR count). The summed E-state index contributed by atoms with van der Waals surface area (Å²) in [5.41, 5.74) is 13.5. The Morgan fingerprint density at radius 3 is 2.44 bits per heavy atom. The lowest BCUT2D eigenvalue weighted by molar-refractivity contribution is -0.0671. The lowest BCUT2D eigenvalue weighted by atomic mass is 9.47. The van der Waals surface area contributed by atoms with Gasteiger partial charge < -0.3 is 15.9 Å². The van der Waals surface area contributed by atoms with E-state index in [9.17, 15) is 0 Å². The highest BCUT2D eigenvalue weighted by Gasteiger charge is 2.53. The third-order valence-corrected chi connectivity index (χ3v) is 8.35. The van der Waals surface area contributed by atoms with Crippen molar-refractivity contribution in [2.45, 2.75) is 44.6 Å². The fourth-order valence-corrected chi connectivity index (χ4v) is 7.67. The van der Waals surface area contributed by atoms with Crippen LogP contribution in [0.1, 0.15) is 49.4 Å². The molecule has 1 unspecified atom stereocenters. The highest BCUT2D eigenvalue weighted by Crippen LogP contribution is 2.64. The predicted molar refractivity (Wildman–Crippen MR) is 107 cm³/mol. The molecule has 0 aromatic carbocycles. The van der Waals surface area contributed by atoms with Crippen LogP contribution in [-0.4, -0.2) is 9.97 Å². The fraction of sp³-hybridized carbons (Fsp3) is 0.524. The van der Waals surface area contributed by atoms with Gasteiger partial charge in [-0.05, 0) is 79.9 Å². The number of nitrogens with zero attached hydrogens (tertiary/aromatic N) is 2. The van der Waals surface area contributed by atoms with Crippen LogP contribution in [0.15, 0.2) is 28.9 Å². The average Bonchev–Trinajstić information content (AvgIpc) is 3.30. The van der Waals surface area contributed by atoms with Crippen molar-refractivity contribution in [3.05, 3.63) is 29.3 Å². The summed E-state index contributed by atoms with van der Waals surface area (Å²) in [5, 5.41) is 0.922. The molecule has 4 fully saturated rings. The molecule has 4 bridgehead atoms. The van der Waals surface area contributed by atoms with Gasteiger partial charge in [0, 0.05) is 10.9 Å². The molecule has 5 nitrogen and oxygen atoms in total. The first-order valence-electron chi connectivity index (χ1n) is 9.96. The molecule has 3 aromatic rings. The van der Waals surface area contributed by atoms with Crippen LogP contribution in [0.3, 0.4) is 0 Å². The maximum absolute atomic E-state index is 6.94. The average molecular weight is 381 g/mol. The van der Waals surface area contributed by atoms with Crippen molar-refractivity contribution in [3.63, 3.8) is 0 Å². The molecule has 0 spiro atoms. The summed E-state index contributed by atoms with van der Waals surface area (Å²) in [7, 11) is 0. The number of nitrogen functional groups attached to an aromatic ring is 1. The molecule has 0 aliphatic heterocycles. The number of thiophene rings is 1. The third-order valence-electron chi connectivity index (χ3n) is 7.23. The van der Waals surface area contributed by atoms with Crippen molar-refractivity contribution < 1.29 is 4.42 Å². The number of anilines is 1. The van der Waals surface area contributed by atoms with Crippen molar-refractivity contribution in [3.8, 4) is 11.6 Å². The van der Waals surface area contributed by atoms with E-state index in [0.29, 0.717) is 17.4 Å². The minimum Gasteiger partial charge on any atom is -0.461 e. The molecule has 3 aromatic heterocycles. The second-order valence-electron chi connectivity index (χ2n) is 9.03. The number of aromatic nitrogens is 2. The number of fused-ring (bicyclic) bond motifs is 1. The van der Waals surface area contributed by atoms with Gasteiger partial charge in [0.2, 0.25) is 0 Å². The summed E-state index contributed by atoms with van der Waals surface area (Å²) in [4.78, 5) is 11.3. The standard InChI is InChI=1S/C21H24N4OS/c22-17(21-8-11-4-12(9-21)6-13(5-11)10-21)16-7-14-18(23)24-19(25-20(14)27-16)15-2-1-3-26-15/h1-3,7,11-13,17H,4-6,8-10,22H2,(H2,23,24,25). The minimum atomic E-state index is 0.0802. The first kappa shape index (κ1) is 16.1. The molecule has 1 atom stereocenters. The minimum absolute atomic E-state index is 0.0802. The van der Waals surface area contributed by atoms with Crippen LogP contribution in [-0.2, 0) is 0 Å². The summed E-state index contributed by atoms with van der Waals surface area (Å²) in [6.45, 7) is 0. The Labute approximate surface area is 162 Å². The number of nitrogens with two attached hydrogens (primary N) is 2. The van der Waals surface area contributed by atoms with Crippen LogP contribution in [0, 0.1) is 23.2 Å². The lowest BCUT2D eigenvalue weighted by Crippen LogP contribution is -2.50. The fourth-order valence-electron chi connectivity index (χ4n) is 6.49. The van der Waals surface area contributed by atoms with E-state index in [2.05, 4.69) is 11.1 Å². The van der Waals surface area contributed by atoms with E-state index in [-0.39, 0.29) is 11.5 Å². The van der Waals surface area contributed by atoms with Crippen molar-refractivity contribution in [1.29, 1.82) is 0 Å². The summed E-state index contributed by atoms with van der Waals surface area (Å²) in [6, 6.07) is 5.92. The molecule has 3 heterocycles. The Hall–Kier alpha value is -1.92. The Morgan fingerprint density at radius 2 is 1.81 bits per heavy atom. The van der Waals surface area contributed by atoms with E-state index in [4.69, 9.17) is 20.9 Å². The molecule has 0 radical (unpaired) electrons. The van der Waals surface area contributed by atoms with Gasteiger partial charge in [0.05, 0.1) is 11.6 Å². The van der Waals surface area contributed by atoms with Gasteiger partial charge in [-0.25, -0.2) is 9.97 Å². The second kappa shape index (κ2) is 5.55. The smallest absolute Gasteiger partial charge is 0.199 e. The molecule has 140 valence electrons. The van der Waals surface area contributed by atoms with Gasteiger partial charge in [0.1, 0.15) is 10.6 Å². The highest BCUT2D eigenvalue weighted by atomic mass is 32.1. The summed E-state index contributed by atoms with van der Waals surface area (Å²) in [5.74, 6) is 4.38. The van der Waals surface area contributed by atoms with E-state index >= 15 is 0 Å². The highest BCUT2D eigenvalue weighted by molar-refractivity contribution is 7.18. The van der Waals surface area contributed by atoms with Gasteiger partial charge in [0.15, 0.2) is 11.6 Å². The van der Waals surface area contributed by atoms with Crippen molar-refractivity contribution >= 4 is 27.4 Å². The Morgan fingerprint density at radius 1 is 1.11 bits per heavy atom. The van der Waals surface area contributed by atoms with Crippen LogP contribution < -0.4 is 11.5 Å². The normalized spacial score (nSPS) is 33.0. The van der Waals surface area contributed by atoms with Gasteiger partial charge in [0.25, 0.3) is 0 Å². The maximum Gasteiger partial charge on any atom is 0.199 e. The molecular formula is C21H24N4OS. The van der Waals surface area contributed by atoms with Gasteiger partial charge in [-0.1, -0.05) is 0 Å². The molecule has 0 amide bonds. The maximum atomic E-state index is 6.94. The monoisotopic (exact) mass is 380 g/mol. The van der Waals surface area contributed by atoms with Gasteiger partial charge in [-0.15, -0.1) is 11.3 Å². The van der Waals surface area contributed by atoms with E-state index in [1.165, 1.54) is 43.4 Å². The molecule has 4 N–H and O–H groups in total. The van der Waals surface area contributed by atoms with Crippen molar-refractivity contribution in [1.82, 2.24) is 9.97 Å². The van der Waals surface area contributed by atoms with Gasteiger partial charge >= 0.3 is 0 Å². The largest absolute Gasteiger partial charge is 0.461 e. The zero-order chi connectivity index (χ0) is 18.2. The third kappa shape index (κ3) is 2.39. The number of furan rings is 1. The summed E-state index contributed by atoms with van der Waals surface area (Å²) < 4.78 is 5.44.